The zero-order valence-corrected chi connectivity index (χ0v) is 14.2. The van der Waals surface area contributed by atoms with E-state index in [1.165, 1.54) is 12.3 Å². The number of hydrogen-bond acceptors (Lipinski definition) is 6. The number of nitrogens with one attached hydrogen (secondary N) is 1. The van der Waals surface area contributed by atoms with Crippen LogP contribution in [-0.2, 0) is 9.53 Å². The third-order valence-corrected chi connectivity index (χ3v) is 4.96. The minimum atomic E-state index is -1.42. The summed E-state index contributed by atoms with van der Waals surface area (Å²) in [5.41, 5.74) is -2.20. The second-order valence-corrected chi connectivity index (χ2v) is 6.59. The summed E-state index contributed by atoms with van der Waals surface area (Å²) in [6.07, 6.45) is 1.42. The summed E-state index contributed by atoms with van der Waals surface area (Å²) in [5, 5.41) is 16.0. The van der Waals surface area contributed by atoms with Crippen LogP contribution in [0, 0.1) is 5.41 Å². The minimum Gasteiger partial charge on any atom is -0.479 e. The monoisotopic (exact) mass is 348 g/mol. The van der Waals surface area contributed by atoms with Gasteiger partial charge in [-0.2, -0.15) is 0 Å². The van der Waals surface area contributed by atoms with Gasteiger partial charge >= 0.3 is 5.97 Å². The highest BCUT2D eigenvalue weighted by Crippen LogP contribution is 2.51. The van der Waals surface area contributed by atoms with Gasteiger partial charge in [0.1, 0.15) is 5.54 Å². The minimum absolute atomic E-state index is 0.0114. The van der Waals surface area contributed by atoms with E-state index in [2.05, 4.69) is 10.5 Å². The maximum atomic E-state index is 12.5. The van der Waals surface area contributed by atoms with Crippen LogP contribution in [0.2, 0.25) is 0 Å². The Balaban J connectivity index is 1.80. The predicted molar refractivity (Wildman–Crippen MR) is 85.9 cm³/mol. The Morgan fingerprint density at radius 3 is 2.76 bits per heavy atom. The molecule has 2 atom stereocenters. The van der Waals surface area contributed by atoms with Crippen molar-refractivity contribution in [3.05, 3.63) is 30.2 Å². The fraction of sp³-hybridized carbons (Fsp3) is 0.471. The Morgan fingerprint density at radius 2 is 2.20 bits per heavy atom. The van der Waals surface area contributed by atoms with E-state index in [0.29, 0.717) is 18.1 Å². The molecule has 1 aliphatic rings. The first-order chi connectivity index (χ1) is 11.8. The molecule has 0 spiro atoms. The second-order valence-electron chi connectivity index (χ2n) is 6.59. The summed E-state index contributed by atoms with van der Waals surface area (Å²) < 4.78 is 15.9. The molecule has 1 saturated carbocycles. The molecule has 2 unspecified atom stereocenters. The van der Waals surface area contributed by atoms with Crippen molar-refractivity contribution in [2.45, 2.75) is 38.8 Å². The third-order valence-electron chi connectivity index (χ3n) is 4.96. The number of nitrogens with zero attached hydrogens (tertiary/aromatic N) is 1. The first kappa shape index (κ1) is 17.2. The zero-order chi connectivity index (χ0) is 18.2. The van der Waals surface area contributed by atoms with E-state index < -0.39 is 22.8 Å². The molecule has 0 radical (unpaired) electrons. The van der Waals surface area contributed by atoms with E-state index in [1.54, 1.807) is 26.0 Å². The fourth-order valence-corrected chi connectivity index (χ4v) is 3.21. The smallest absolute Gasteiger partial charge is 0.330 e. The van der Waals surface area contributed by atoms with Crippen LogP contribution in [0.25, 0.3) is 11.5 Å². The predicted octanol–water partition coefficient (Wildman–Crippen LogP) is 2.32. The molecule has 8 nitrogen and oxygen atoms in total. The maximum Gasteiger partial charge on any atom is 0.330 e. The van der Waals surface area contributed by atoms with Crippen molar-refractivity contribution in [1.29, 1.82) is 0 Å². The van der Waals surface area contributed by atoms with E-state index in [-0.39, 0.29) is 18.2 Å². The van der Waals surface area contributed by atoms with E-state index in [1.807, 2.05) is 6.92 Å². The molecule has 1 amide bonds. The van der Waals surface area contributed by atoms with Gasteiger partial charge in [0.25, 0.3) is 5.91 Å². The standard InChI is InChI=1S/C17H20N2O6/c1-4-23-13-9-17(15(21)22,16(13,2)3)18-14(20)10-8-12(25-19-10)11-6-5-7-24-11/h5-8,13H,4,9H2,1-3H3,(H,18,20)(H,21,22). The highest BCUT2D eigenvalue weighted by atomic mass is 16.5. The molecule has 0 aromatic carbocycles. The fourth-order valence-electron chi connectivity index (χ4n) is 3.21. The first-order valence-electron chi connectivity index (χ1n) is 8.00. The number of carbonyl (C=O) groups excluding carboxylic acids is 1. The van der Waals surface area contributed by atoms with Gasteiger partial charge < -0.3 is 24.1 Å². The lowest BCUT2D eigenvalue weighted by atomic mass is 9.54. The lowest BCUT2D eigenvalue weighted by Gasteiger charge is -2.58. The van der Waals surface area contributed by atoms with Gasteiger partial charge in [-0.05, 0) is 19.1 Å². The van der Waals surface area contributed by atoms with Crippen LogP contribution >= 0.6 is 0 Å². The number of aromatic nitrogens is 1. The van der Waals surface area contributed by atoms with Gasteiger partial charge in [-0.15, -0.1) is 0 Å². The Labute approximate surface area is 144 Å². The number of furan rings is 1. The lowest BCUT2D eigenvalue weighted by Crippen LogP contribution is -2.76. The van der Waals surface area contributed by atoms with E-state index in [9.17, 15) is 14.7 Å². The maximum absolute atomic E-state index is 12.5. The molecule has 1 fully saturated rings. The van der Waals surface area contributed by atoms with Crippen LogP contribution in [0.15, 0.2) is 33.4 Å². The van der Waals surface area contributed by atoms with Gasteiger partial charge in [-0.3, -0.25) is 4.79 Å². The molecule has 0 aliphatic heterocycles. The summed E-state index contributed by atoms with van der Waals surface area (Å²) in [4.78, 5) is 24.4. The van der Waals surface area contributed by atoms with Crippen LogP contribution in [0.5, 0.6) is 0 Å². The SMILES string of the molecule is CCOC1CC(NC(=O)c2cc(-c3ccco3)on2)(C(=O)O)C1(C)C. The highest BCUT2D eigenvalue weighted by Gasteiger charge is 2.66. The van der Waals surface area contributed by atoms with Crippen LogP contribution in [0.4, 0.5) is 0 Å². The van der Waals surface area contributed by atoms with Crippen LogP contribution in [0.1, 0.15) is 37.7 Å². The quantitative estimate of drug-likeness (QED) is 0.823. The third kappa shape index (κ3) is 2.62. The first-order valence-corrected chi connectivity index (χ1v) is 8.00. The molecule has 8 heteroatoms. The Morgan fingerprint density at radius 1 is 1.44 bits per heavy atom. The van der Waals surface area contributed by atoms with Gasteiger partial charge in [0.15, 0.2) is 11.5 Å². The molecular formula is C17H20N2O6. The topological polar surface area (TPSA) is 115 Å². The summed E-state index contributed by atoms with van der Waals surface area (Å²) >= 11 is 0. The molecule has 1 aliphatic carbocycles. The van der Waals surface area contributed by atoms with Crippen molar-refractivity contribution in [2.24, 2.45) is 5.41 Å². The van der Waals surface area contributed by atoms with Crippen molar-refractivity contribution >= 4 is 11.9 Å². The molecule has 3 rings (SSSR count). The van der Waals surface area contributed by atoms with Crippen LogP contribution < -0.4 is 5.32 Å². The number of aliphatic carboxylic acids is 1. The van der Waals surface area contributed by atoms with E-state index in [0.717, 1.165) is 0 Å². The Bertz CT molecular complexity index is 779. The van der Waals surface area contributed by atoms with E-state index >= 15 is 0 Å². The van der Waals surface area contributed by atoms with Gasteiger partial charge in [-0.25, -0.2) is 4.79 Å². The molecule has 134 valence electrons. The highest BCUT2D eigenvalue weighted by molar-refractivity contribution is 5.97. The van der Waals surface area contributed by atoms with Gasteiger partial charge in [-0.1, -0.05) is 19.0 Å². The molecule has 2 heterocycles. The second kappa shape index (κ2) is 6.03. The van der Waals surface area contributed by atoms with E-state index in [4.69, 9.17) is 13.7 Å². The normalized spacial score (nSPS) is 24.5. The molecule has 0 bridgehead atoms. The van der Waals surface area contributed by atoms with Crippen LogP contribution in [0.3, 0.4) is 0 Å². The average Bonchev–Trinajstić information content (AvgIpc) is 3.23. The summed E-state index contributed by atoms with van der Waals surface area (Å²) in [6.45, 7) is 5.86. The number of ether oxygens (including phenoxy) is 1. The average molecular weight is 348 g/mol. The van der Waals surface area contributed by atoms with Crippen molar-refractivity contribution in [3.8, 4) is 11.5 Å². The Kier molecular flexibility index (Phi) is 4.16. The van der Waals surface area contributed by atoms with Crippen LogP contribution in [-0.4, -0.2) is 40.4 Å². The number of hydrogen-bond donors (Lipinski definition) is 2. The largest absolute Gasteiger partial charge is 0.479 e. The zero-order valence-electron chi connectivity index (χ0n) is 14.2. The van der Waals surface area contributed by atoms with Gasteiger partial charge in [0.2, 0.25) is 5.76 Å². The van der Waals surface area contributed by atoms with Crippen molar-refractivity contribution < 1.29 is 28.4 Å². The van der Waals surface area contributed by atoms with Crippen molar-refractivity contribution in [3.63, 3.8) is 0 Å². The molecule has 2 N–H and O–H groups in total. The number of carboxylic acid groups (broad SMARTS) is 1. The lowest BCUT2D eigenvalue weighted by molar-refractivity contribution is -0.190. The van der Waals surface area contributed by atoms with Gasteiger partial charge in [0, 0.05) is 24.5 Å². The number of carboxylic acids is 1. The summed E-state index contributed by atoms with van der Waals surface area (Å²) in [7, 11) is 0. The van der Waals surface area contributed by atoms with Crippen molar-refractivity contribution in [2.75, 3.05) is 6.61 Å². The summed E-state index contributed by atoms with van der Waals surface area (Å²) in [6, 6.07) is 4.76. The number of rotatable bonds is 6. The molecule has 2 aromatic rings. The molecule has 2 aromatic heterocycles. The Hall–Kier alpha value is -2.61. The molecule has 25 heavy (non-hydrogen) atoms. The number of carbonyl (C=O) groups is 2. The van der Waals surface area contributed by atoms with Gasteiger partial charge in [0.05, 0.1) is 12.4 Å². The summed E-state index contributed by atoms with van der Waals surface area (Å²) in [5.74, 6) is -0.997. The van der Waals surface area contributed by atoms with Crippen molar-refractivity contribution in [1.82, 2.24) is 10.5 Å². The molecule has 0 saturated heterocycles. The molecular weight excluding hydrogens is 328 g/mol. The number of amides is 1.